The highest BCUT2D eigenvalue weighted by Crippen LogP contribution is 2.22. The summed E-state index contributed by atoms with van der Waals surface area (Å²) in [5.41, 5.74) is 6.92. The Morgan fingerprint density at radius 2 is 1.74 bits per heavy atom. The first-order valence-corrected chi connectivity index (χ1v) is 8.39. The summed E-state index contributed by atoms with van der Waals surface area (Å²) in [7, 11) is 0. The van der Waals surface area contributed by atoms with Gasteiger partial charge in [0.15, 0.2) is 0 Å². The lowest BCUT2D eigenvalue weighted by atomic mass is 10.0. The third kappa shape index (κ3) is 5.14. The molecule has 0 aliphatic rings. The van der Waals surface area contributed by atoms with Crippen molar-refractivity contribution in [2.75, 3.05) is 12.3 Å². The van der Waals surface area contributed by atoms with Crippen LogP contribution >= 0.6 is 11.8 Å². The summed E-state index contributed by atoms with van der Waals surface area (Å²) in [4.78, 5) is 24.1. The molecule has 0 saturated carbocycles. The topological polar surface area (TPSA) is 72.2 Å². The van der Waals surface area contributed by atoms with Crippen LogP contribution in [0.2, 0.25) is 0 Å². The van der Waals surface area contributed by atoms with Crippen LogP contribution < -0.4 is 11.1 Å². The molecule has 0 aliphatic carbocycles. The van der Waals surface area contributed by atoms with Gasteiger partial charge < -0.3 is 11.1 Å². The van der Waals surface area contributed by atoms with E-state index in [-0.39, 0.29) is 17.6 Å². The van der Waals surface area contributed by atoms with Crippen molar-refractivity contribution < 1.29 is 9.59 Å². The van der Waals surface area contributed by atoms with Gasteiger partial charge in [-0.2, -0.15) is 0 Å². The molecular weight excluding hydrogens is 308 g/mol. The van der Waals surface area contributed by atoms with Crippen LogP contribution in [0.1, 0.15) is 28.8 Å². The van der Waals surface area contributed by atoms with E-state index in [0.717, 1.165) is 4.90 Å². The maximum absolute atomic E-state index is 12.4. The van der Waals surface area contributed by atoms with Crippen molar-refractivity contribution in [1.29, 1.82) is 0 Å². The minimum absolute atomic E-state index is 0.139. The monoisotopic (exact) mass is 328 g/mol. The molecule has 5 heteroatoms. The molecule has 0 heterocycles. The van der Waals surface area contributed by atoms with Crippen LogP contribution in [0.3, 0.4) is 0 Å². The Balaban J connectivity index is 1.99. The largest absolute Gasteiger partial charge is 0.369 e. The molecule has 4 nitrogen and oxygen atoms in total. The van der Waals surface area contributed by atoms with Gasteiger partial charge in [-0.1, -0.05) is 49.4 Å². The quantitative estimate of drug-likeness (QED) is 0.768. The number of benzene rings is 2. The van der Waals surface area contributed by atoms with E-state index in [2.05, 4.69) is 12.2 Å². The molecule has 0 saturated heterocycles. The van der Waals surface area contributed by atoms with Crippen molar-refractivity contribution in [3.63, 3.8) is 0 Å². The molecule has 0 radical (unpaired) electrons. The van der Waals surface area contributed by atoms with Gasteiger partial charge in [-0.15, -0.1) is 11.8 Å². The summed E-state index contributed by atoms with van der Waals surface area (Å²) in [6.07, 6.45) is 0. The van der Waals surface area contributed by atoms with Crippen LogP contribution in [0.15, 0.2) is 59.5 Å². The van der Waals surface area contributed by atoms with Gasteiger partial charge in [0.1, 0.15) is 0 Å². The molecule has 0 aliphatic heterocycles. The second kappa shape index (κ2) is 8.39. The van der Waals surface area contributed by atoms with Crippen LogP contribution in [0.5, 0.6) is 0 Å². The predicted molar refractivity (Wildman–Crippen MR) is 93.6 cm³/mol. The van der Waals surface area contributed by atoms with E-state index in [1.807, 2.05) is 48.5 Å². The number of carbonyl (C=O) groups is 2. The SMILES string of the molecule is CC(CNC(=O)c1ccccc1SCC(N)=O)c1ccccc1. The van der Waals surface area contributed by atoms with Crippen LogP contribution in [0.25, 0.3) is 0 Å². The highest BCUT2D eigenvalue weighted by molar-refractivity contribution is 8.00. The molecule has 1 atom stereocenters. The summed E-state index contributed by atoms with van der Waals surface area (Å²) < 4.78 is 0. The van der Waals surface area contributed by atoms with Crippen LogP contribution in [0, 0.1) is 0 Å². The number of hydrogen-bond acceptors (Lipinski definition) is 3. The number of nitrogens with one attached hydrogen (secondary N) is 1. The molecule has 0 bridgehead atoms. The van der Waals surface area contributed by atoms with Crippen LogP contribution in [-0.4, -0.2) is 24.1 Å². The van der Waals surface area contributed by atoms with Gasteiger partial charge >= 0.3 is 0 Å². The van der Waals surface area contributed by atoms with Gasteiger partial charge in [-0.3, -0.25) is 9.59 Å². The van der Waals surface area contributed by atoms with Crippen molar-refractivity contribution in [1.82, 2.24) is 5.32 Å². The average molecular weight is 328 g/mol. The normalized spacial score (nSPS) is 11.7. The summed E-state index contributed by atoms with van der Waals surface area (Å²) in [5.74, 6) is -0.154. The van der Waals surface area contributed by atoms with Gasteiger partial charge in [0, 0.05) is 11.4 Å². The second-order valence-electron chi connectivity index (χ2n) is 5.27. The Kier molecular flexibility index (Phi) is 6.23. The lowest BCUT2D eigenvalue weighted by Gasteiger charge is -2.14. The Morgan fingerprint density at radius 1 is 1.09 bits per heavy atom. The highest BCUT2D eigenvalue weighted by Gasteiger charge is 2.13. The first kappa shape index (κ1) is 17.1. The highest BCUT2D eigenvalue weighted by atomic mass is 32.2. The molecular formula is C18H20N2O2S. The first-order chi connectivity index (χ1) is 11.1. The van der Waals surface area contributed by atoms with Crippen LogP contribution in [-0.2, 0) is 4.79 Å². The Morgan fingerprint density at radius 3 is 2.43 bits per heavy atom. The van der Waals surface area contributed by atoms with Crippen LogP contribution in [0.4, 0.5) is 0 Å². The molecule has 2 aromatic rings. The number of hydrogen-bond donors (Lipinski definition) is 2. The Labute approximate surface area is 140 Å². The van der Waals surface area contributed by atoms with Gasteiger partial charge in [0.25, 0.3) is 5.91 Å². The molecule has 2 rings (SSSR count). The number of amides is 2. The second-order valence-corrected chi connectivity index (χ2v) is 6.29. The zero-order valence-corrected chi connectivity index (χ0v) is 13.8. The van der Waals surface area contributed by atoms with Crippen molar-refractivity contribution in [2.24, 2.45) is 5.73 Å². The Bertz CT molecular complexity index is 674. The van der Waals surface area contributed by atoms with E-state index in [4.69, 9.17) is 5.73 Å². The summed E-state index contributed by atoms with van der Waals surface area (Å²) in [6.45, 7) is 2.63. The average Bonchev–Trinajstić information content (AvgIpc) is 2.58. The molecule has 23 heavy (non-hydrogen) atoms. The van der Waals surface area contributed by atoms with Gasteiger partial charge in [0.2, 0.25) is 5.91 Å². The maximum atomic E-state index is 12.4. The predicted octanol–water partition coefficient (Wildman–Crippen LogP) is 2.80. The van der Waals surface area contributed by atoms with E-state index in [1.54, 1.807) is 6.07 Å². The van der Waals surface area contributed by atoms with Crippen molar-refractivity contribution >= 4 is 23.6 Å². The summed E-state index contributed by atoms with van der Waals surface area (Å²) in [6, 6.07) is 17.3. The van der Waals surface area contributed by atoms with E-state index in [0.29, 0.717) is 12.1 Å². The van der Waals surface area contributed by atoms with Crippen molar-refractivity contribution in [2.45, 2.75) is 17.7 Å². The first-order valence-electron chi connectivity index (χ1n) is 7.41. The number of carbonyl (C=O) groups excluding carboxylic acids is 2. The molecule has 0 spiro atoms. The molecule has 0 fully saturated rings. The molecule has 2 aromatic carbocycles. The van der Waals surface area contributed by atoms with Crippen molar-refractivity contribution in [3.05, 3.63) is 65.7 Å². The number of nitrogens with two attached hydrogens (primary N) is 1. The minimum atomic E-state index is -0.400. The lowest BCUT2D eigenvalue weighted by Crippen LogP contribution is -2.28. The summed E-state index contributed by atoms with van der Waals surface area (Å²) in [5, 5.41) is 2.96. The number of primary amides is 1. The fraction of sp³-hybridized carbons (Fsp3) is 0.222. The maximum Gasteiger partial charge on any atom is 0.252 e. The zero-order valence-electron chi connectivity index (χ0n) is 13.0. The fourth-order valence-electron chi connectivity index (χ4n) is 2.17. The van der Waals surface area contributed by atoms with E-state index < -0.39 is 5.91 Å². The standard InChI is InChI=1S/C18H20N2O2S/c1-13(14-7-3-2-4-8-14)11-20-18(22)15-9-5-6-10-16(15)23-12-17(19)21/h2-10,13H,11-12H2,1H3,(H2,19,21)(H,20,22). The van der Waals surface area contributed by atoms with Gasteiger partial charge in [-0.05, 0) is 23.6 Å². The van der Waals surface area contributed by atoms with Gasteiger partial charge in [0.05, 0.1) is 11.3 Å². The Hall–Kier alpha value is -2.27. The molecule has 2 amide bonds. The molecule has 3 N–H and O–H groups in total. The number of thioether (sulfide) groups is 1. The third-order valence-corrected chi connectivity index (χ3v) is 4.53. The minimum Gasteiger partial charge on any atom is -0.369 e. The lowest BCUT2D eigenvalue weighted by molar-refractivity contribution is -0.115. The molecule has 1 unspecified atom stereocenters. The fourth-order valence-corrected chi connectivity index (χ4v) is 2.96. The smallest absolute Gasteiger partial charge is 0.252 e. The van der Waals surface area contributed by atoms with E-state index in [1.165, 1.54) is 17.3 Å². The van der Waals surface area contributed by atoms with E-state index in [9.17, 15) is 9.59 Å². The van der Waals surface area contributed by atoms with E-state index >= 15 is 0 Å². The van der Waals surface area contributed by atoms with Gasteiger partial charge in [-0.25, -0.2) is 0 Å². The number of rotatable bonds is 7. The molecule has 0 aromatic heterocycles. The molecule has 120 valence electrons. The van der Waals surface area contributed by atoms with Crippen molar-refractivity contribution in [3.8, 4) is 0 Å². The third-order valence-electron chi connectivity index (χ3n) is 3.44. The zero-order chi connectivity index (χ0) is 16.7. The summed E-state index contributed by atoms with van der Waals surface area (Å²) >= 11 is 1.28.